The van der Waals surface area contributed by atoms with Crippen molar-refractivity contribution in [2.24, 2.45) is 0 Å². The Balaban J connectivity index is 1.70. The minimum Gasteiger partial charge on any atom is -0.493 e. The monoisotopic (exact) mass is 463 g/mol. The lowest BCUT2D eigenvalue weighted by atomic mass is 10.1. The van der Waals surface area contributed by atoms with Crippen LogP contribution in [0.2, 0.25) is 0 Å². The predicted molar refractivity (Wildman–Crippen MR) is 119 cm³/mol. The molecule has 6 nitrogen and oxygen atoms in total. The summed E-state index contributed by atoms with van der Waals surface area (Å²) >= 11 is 1.50. The number of amides is 1. The zero-order chi connectivity index (χ0) is 23.3. The number of methoxy groups -OCH3 is 1. The number of aryl methyl sites for hydroxylation is 1. The average molecular weight is 464 g/mol. The molecule has 172 valence electrons. The van der Waals surface area contributed by atoms with E-state index in [9.17, 15) is 18.8 Å². The Morgan fingerprint density at radius 1 is 1.28 bits per heavy atom. The van der Waals surface area contributed by atoms with Gasteiger partial charge in [0.15, 0.2) is 11.5 Å². The first kappa shape index (κ1) is 24.0. The van der Waals surface area contributed by atoms with E-state index in [2.05, 4.69) is 16.1 Å². The molecular formula is C23H27F2N3O3S. The summed E-state index contributed by atoms with van der Waals surface area (Å²) in [5, 5.41) is 13.2. The Morgan fingerprint density at radius 3 is 2.72 bits per heavy atom. The van der Waals surface area contributed by atoms with Crippen molar-refractivity contribution in [2.75, 3.05) is 19.5 Å². The lowest BCUT2D eigenvalue weighted by Gasteiger charge is -2.24. The number of carbonyl (C=O) groups excluding carboxylic acids is 1. The molecule has 0 saturated heterocycles. The van der Waals surface area contributed by atoms with E-state index in [0.717, 1.165) is 37.7 Å². The second kappa shape index (κ2) is 10.7. The van der Waals surface area contributed by atoms with E-state index in [4.69, 9.17) is 4.74 Å². The van der Waals surface area contributed by atoms with Crippen LogP contribution in [-0.2, 0) is 24.2 Å². The summed E-state index contributed by atoms with van der Waals surface area (Å²) in [7, 11) is 3.16. The third-order valence-corrected chi connectivity index (χ3v) is 6.89. The second-order valence-corrected chi connectivity index (χ2v) is 8.93. The van der Waals surface area contributed by atoms with Crippen LogP contribution in [0.1, 0.15) is 47.8 Å². The number of nitrogens with zero attached hydrogens (tertiary/aromatic N) is 2. The van der Waals surface area contributed by atoms with Gasteiger partial charge < -0.3 is 14.8 Å². The molecule has 0 spiro atoms. The van der Waals surface area contributed by atoms with Crippen molar-refractivity contribution >= 4 is 22.2 Å². The summed E-state index contributed by atoms with van der Waals surface area (Å²) in [4.78, 5) is 15.9. The molecule has 1 aromatic heterocycles. The number of rotatable bonds is 8. The van der Waals surface area contributed by atoms with Gasteiger partial charge in [-0.3, -0.25) is 9.69 Å². The number of likely N-dealkylation sites (N-methyl/N-ethyl adjacent to an activating group) is 1. The molecule has 1 amide bonds. The number of nitrogens with one attached hydrogen (secondary N) is 1. The molecule has 1 N–H and O–H groups in total. The number of carbonyl (C=O) groups is 1. The fourth-order valence-corrected chi connectivity index (χ4v) is 5.04. The average Bonchev–Trinajstić information content (AvgIpc) is 2.91. The molecule has 1 atom stereocenters. The highest BCUT2D eigenvalue weighted by atomic mass is 32.1. The summed E-state index contributed by atoms with van der Waals surface area (Å²) in [5.41, 5.74) is 2.36. The molecule has 9 heteroatoms. The number of nitriles is 1. The van der Waals surface area contributed by atoms with Gasteiger partial charge in [0.1, 0.15) is 11.1 Å². The highest BCUT2D eigenvalue weighted by molar-refractivity contribution is 7.16. The highest BCUT2D eigenvalue weighted by Gasteiger charge is 2.24. The Hall–Kier alpha value is -2.70. The summed E-state index contributed by atoms with van der Waals surface area (Å²) in [6.07, 6.45) is 5.14. The molecule has 0 radical (unpaired) electrons. The van der Waals surface area contributed by atoms with Crippen molar-refractivity contribution < 1.29 is 23.0 Å². The van der Waals surface area contributed by atoms with Crippen LogP contribution in [0.3, 0.4) is 0 Å². The van der Waals surface area contributed by atoms with Crippen molar-refractivity contribution in [3.8, 4) is 17.6 Å². The SMILES string of the molecule is COc1ccc(CN(C)C(C)C(=O)Nc2sc3c(c2C#N)CCCCC3)cc1OC(F)F. The summed E-state index contributed by atoms with van der Waals surface area (Å²) in [5.74, 6) is -0.0637. The maximum absolute atomic E-state index is 12.9. The molecule has 3 rings (SSSR count). The number of halogens is 2. The number of benzene rings is 1. The number of hydrogen-bond donors (Lipinski definition) is 1. The summed E-state index contributed by atoms with van der Waals surface area (Å²) < 4.78 is 35.0. The van der Waals surface area contributed by atoms with Crippen molar-refractivity contribution in [1.82, 2.24) is 4.90 Å². The van der Waals surface area contributed by atoms with Gasteiger partial charge in [-0.1, -0.05) is 12.5 Å². The van der Waals surface area contributed by atoms with Gasteiger partial charge in [0.05, 0.1) is 18.7 Å². The van der Waals surface area contributed by atoms with E-state index < -0.39 is 12.7 Å². The van der Waals surface area contributed by atoms with Crippen molar-refractivity contribution in [2.45, 2.75) is 58.2 Å². The third kappa shape index (κ3) is 5.56. The number of alkyl halides is 2. The smallest absolute Gasteiger partial charge is 0.387 e. The van der Waals surface area contributed by atoms with Gasteiger partial charge in [-0.2, -0.15) is 14.0 Å². The van der Waals surface area contributed by atoms with Gasteiger partial charge in [-0.05, 0) is 62.9 Å². The van der Waals surface area contributed by atoms with Crippen LogP contribution in [-0.4, -0.2) is 37.6 Å². The Bertz CT molecular complexity index is 1000. The van der Waals surface area contributed by atoms with Gasteiger partial charge in [0, 0.05) is 11.4 Å². The van der Waals surface area contributed by atoms with E-state index >= 15 is 0 Å². The van der Waals surface area contributed by atoms with Gasteiger partial charge >= 0.3 is 6.61 Å². The first-order valence-electron chi connectivity index (χ1n) is 10.5. The second-order valence-electron chi connectivity index (χ2n) is 7.82. The minimum absolute atomic E-state index is 0.0516. The Kier molecular flexibility index (Phi) is 8.04. The van der Waals surface area contributed by atoms with E-state index in [1.807, 2.05) is 0 Å². The zero-order valence-electron chi connectivity index (χ0n) is 18.4. The van der Waals surface area contributed by atoms with Crippen LogP contribution in [0.15, 0.2) is 18.2 Å². The zero-order valence-corrected chi connectivity index (χ0v) is 19.2. The topological polar surface area (TPSA) is 74.6 Å². The molecular weight excluding hydrogens is 436 g/mol. The van der Waals surface area contributed by atoms with Gasteiger partial charge in [-0.15, -0.1) is 11.3 Å². The fraction of sp³-hybridized carbons (Fsp3) is 0.478. The minimum atomic E-state index is -2.96. The molecule has 0 saturated carbocycles. The van der Waals surface area contributed by atoms with E-state index in [-0.39, 0.29) is 17.4 Å². The molecule has 0 bridgehead atoms. The maximum atomic E-state index is 12.9. The number of thiophene rings is 1. The molecule has 1 aromatic carbocycles. The Labute approximate surface area is 190 Å². The fourth-order valence-electron chi connectivity index (χ4n) is 3.80. The van der Waals surface area contributed by atoms with Crippen LogP contribution in [0.25, 0.3) is 0 Å². The van der Waals surface area contributed by atoms with Crippen LogP contribution >= 0.6 is 11.3 Å². The highest BCUT2D eigenvalue weighted by Crippen LogP contribution is 2.37. The lowest BCUT2D eigenvalue weighted by molar-refractivity contribution is -0.120. The predicted octanol–water partition coefficient (Wildman–Crippen LogP) is 4.96. The molecule has 2 aromatic rings. The number of ether oxygens (including phenoxy) is 2. The van der Waals surface area contributed by atoms with Crippen LogP contribution < -0.4 is 14.8 Å². The molecule has 1 aliphatic rings. The number of fused-ring (bicyclic) bond motifs is 1. The standard InChI is InChI=1S/C23H27F2N3O3S/c1-14(28(2)13-15-9-10-18(30-3)19(11-15)31-23(24)25)21(29)27-22-17(12-26)16-7-5-4-6-8-20(16)32-22/h9-11,14,23H,4-8,13H2,1-3H3,(H,27,29). The van der Waals surface area contributed by atoms with E-state index in [1.165, 1.54) is 29.4 Å². The summed E-state index contributed by atoms with van der Waals surface area (Å²) in [6.45, 7) is -0.860. The molecule has 1 heterocycles. The molecule has 1 unspecified atom stereocenters. The first-order valence-corrected chi connectivity index (χ1v) is 11.3. The van der Waals surface area contributed by atoms with Crippen LogP contribution in [0.5, 0.6) is 11.5 Å². The van der Waals surface area contributed by atoms with Gasteiger partial charge in [0.2, 0.25) is 5.91 Å². The lowest BCUT2D eigenvalue weighted by Crippen LogP contribution is -2.39. The van der Waals surface area contributed by atoms with Crippen molar-refractivity contribution in [3.05, 3.63) is 39.8 Å². The normalized spacial score (nSPS) is 14.4. The van der Waals surface area contributed by atoms with E-state index in [0.29, 0.717) is 22.7 Å². The largest absolute Gasteiger partial charge is 0.493 e. The van der Waals surface area contributed by atoms with Crippen molar-refractivity contribution in [3.63, 3.8) is 0 Å². The molecule has 0 aliphatic heterocycles. The third-order valence-electron chi connectivity index (χ3n) is 5.69. The summed E-state index contributed by atoms with van der Waals surface area (Å²) in [6, 6.07) is 6.54. The number of hydrogen-bond acceptors (Lipinski definition) is 6. The van der Waals surface area contributed by atoms with Gasteiger partial charge in [-0.25, -0.2) is 0 Å². The maximum Gasteiger partial charge on any atom is 0.387 e. The van der Waals surface area contributed by atoms with Crippen molar-refractivity contribution in [1.29, 1.82) is 5.26 Å². The first-order chi connectivity index (χ1) is 15.3. The number of anilines is 1. The quantitative estimate of drug-likeness (QED) is 0.560. The van der Waals surface area contributed by atoms with Crippen LogP contribution in [0.4, 0.5) is 13.8 Å². The van der Waals surface area contributed by atoms with Gasteiger partial charge in [0.25, 0.3) is 0 Å². The molecule has 1 aliphatic carbocycles. The van der Waals surface area contributed by atoms with Crippen LogP contribution in [0, 0.1) is 11.3 Å². The molecule has 32 heavy (non-hydrogen) atoms. The van der Waals surface area contributed by atoms with E-state index in [1.54, 1.807) is 31.0 Å². The Morgan fingerprint density at radius 2 is 2.03 bits per heavy atom. The molecule has 0 fully saturated rings.